The summed E-state index contributed by atoms with van der Waals surface area (Å²) in [5, 5.41) is 6.16. The number of benzene rings is 1. The van der Waals surface area contributed by atoms with Crippen LogP contribution in [0.1, 0.15) is 17.8 Å². The third kappa shape index (κ3) is 2.29. The Kier molecular flexibility index (Phi) is 3.22. The van der Waals surface area contributed by atoms with Gasteiger partial charge >= 0.3 is 0 Å². The minimum atomic E-state index is -0.521. The molecule has 1 aromatic carbocycles. The predicted octanol–water partition coefficient (Wildman–Crippen LogP) is 3.29. The van der Waals surface area contributed by atoms with E-state index in [1.54, 1.807) is 12.1 Å². The highest BCUT2D eigenvalue weighted by molar-refractivity contribution is 7.15. The van der Waals surface area contributed by atoms with Gasteiger partial charge in [0.15, 0.2) is 10.8 Å². The quantitative estimate of drug-likeness (QED) is 0.564. The molecule has 0 spiro atoms. The predicted molar refractivity (Wildman–Crippen MR) is 89.0 cm³/mol. The van der Waals surface area contributed by atoms with Gasteiger partial charge in [-0.1, -0.05) is 17.3 Å². The summed E-state index contributed by atoms with van der Waals surface area (Å²) in [6, 6.07) is 6.40. The summed E-state index contributed by atoms with van der Waals surface area (Å²) in [6.45, 7) is 1.04. The Bertz CT molecular complexity index is 1000. The van der Waals surface area contributed by atoms with Crippen molar-refractivity contribution in [3.05, 3.63) is 59.2 Å². The molecule has 0 saturated carbocycles. The molecular formula is C17H13FN4O2S. The fourth-order valence-electron chi connectivity index (χ4n) is 3.22. The van der Waals surface area contributed by atoms with E-state index in [2.05, 4.69) is 15.1 Å². The molecule has 0 aliphatic carbocycles. The summed E-state index contributed by atoms with van der Waals surface area (Å²) in [4.78, 5) is 9.95. The Balaban J connectivity index is 1.57. The molecule has 8 heteroatoms. The molecule has 6 nitrogen and oxygen atoms in total. The normalized spacial score (nSPS) is 20.5. The number of hydrogen-bond donors (Lipinski definition) is 0. The van der Waals surface area contributed by atoms with Gasteiger partial charge in [0.2, 0.25) is 0 Å². The number of aromatic nitrogens is 4. The van der Waals surface area contributed by atoms with E-state index in [-0.39, 0.29) is 5.82 Å². The van der Waals surface area contributed by atoms with Crippen LogP contribution in [-0.2, 0) is 10.2 Å². The van der Waals surface area contributed by atoms with Crippen molar-refractivity contribution in [3.8, 4) is 11.6 Å². The van der Waals surface area contributed by atoms with E-state index in [0.717, 1.165) is 16.9 Å². The van der Waals surface area contributed by atoms with Gasteiger partial charge in [-0.15, -0.1) is 11.3 Å². The molecule has 1 fully saturated rings. The average Bonchev–Trinajstić information content (AvgIpc) is 3.37. The molecule has 0 N–H and O–H groups in total. The standard InChI is InChI=1S/C17H13FN4O2S/c18-12-3-1-11(2-4-12)17(5-7-23-10-17)15-20-14(24-21-15)13-9-22-6-8-25-16(22)19-13/h1-4,6,8-9H,5,7,10H2/t17-/m1/s1. The molecule has 25 heavy (non-hydrogen) atoms. The molecule has 1 aliphatic heterocycles. The lowest BCUT2D eigenvalue weighted by atomic mass is 9.79. The van der Waals surface area contributed by atoms with Crippen LogP contribution in [0.2, 0.25) is 0 Å². The lowest BCUT2D eigenvalue weighted by Crippen LogP contribution is -2.29. The van der Waals surface area contributed by atoms with Crippen molar-refractivity contribution in [1.82, 2.24) is 19.5 Å². The highest BCUT2D eigenvalue weighted by Crippen LogP contribution is 2.39. The van der Waals surface area contributed by atoms with Crippen LogP contribution < -0.4 is 0 Å². The number of halogens is 1. The number of rotatable bonds is 3. The van der Waals surface area contributed by atoms with Gasteiger partial charge in [0, 0.05) is 24.4 Å². The van der Waals surface area contributed by atoms with E-state index in [0.29, 0.717) is 30.6 Å². The lowest BCUT2D eigenvalue weighted by molar-refractivity contribution is 0.182. The SMILES string of the molecule is Fc1ccc([C@@]2(c3noc(-c4cn5ccsc5n4)n3)CCOC2)cc1. The summed E-state index contributed by atoms with van der Waals surface area (Å²) in [5.74, 6) is 0.645. The fraction of sp³-hybridized carbons (Fsp3) is 0.235. The summed E-state index contributed by atoms with van der Waals surface area (Å²) < 4.78 is 26.3. The summed E-state index contributed by atoms with van der Waals surface area (Å²) in [7, 11) is 0. The third-order valence-corrected chi connectivity index (χ3v) is 5.36. The molecule has 3 aromatic heterocycles. The van der Waals surface area contributed by atoms with Crippen LogP contribution in [0.5, 0.6) is 0 Å². The highest BCUT2D eigenvalue weighted by atomic mass is 32.1. The monoisotopic (exact) mass is 356 g/mol. The lowest BCUT2D eigenvalue weighted by Gasteiger charge is -2.23. The Morgan fingerprint density at radius 2 is 2.08 bits per heavy atom. The van der Waals surface area contributed by atoms with Crippen LogP contribution in [0, 0.1) is 5.82 Å². The van der Waals surface area contributed by atoms with Crippen molar-refractivity contribution in [3.63, 3.8) is 0 Å². The molecule has 5 rings (SSSR count). The fourth-order valence-corrected chi connectivity index (χ4v) is 3.92. The molecule has 0 radical (unpaired) electrons. The van der Waals surface area contributed by atoms with Gasteiger partial charge in [0.25, 0.3) is 5.89 Å². The van der Waals surface area contributed by atoms with E-state index in [1.165, 1.54) is 23.5 Å². The molecule has 1 atom stereocenters. The maximum Gasteiger partial charge on any atom is 0.278 e. The van der Waals surface area contributed by atoms with Crippen LogP contribution in [0.15, 0.2) is 46.6 Å². The second-order valence-electron chi connectivity index (χ2n) is 6.03. The number of ether oxygens (including phenoxy) is 1. The minimum absolute atomic E-state index is 0.273. The Morgan fingerprint density at radius 1 is 1.20 bits per heavy atom. The zero-order valence-electron chi connectivity index (χ0n) is 13.1. The molecule has 126 valence electrons. The summed E-state index contributed by atoms with van der Waals surface area (Å²) >= 11 is 1.54. The van der Waals surface area contributed by atoms with Gasteiger partial charge in [-0.2, -0.15) is 4.98 Å². The number of fused-ring (bicyclic) bond motifs is 1. The average molecular weight is 356 g/mol. The van der Waals surface area contributed by atoms with Gasteiger partial charge in [-0.3, -0.25) is 4.40 Å². The molecule has 0 unspecified atom stereocenters. The number of nitrogens with zero attached hydrogens (tertiary/aromatic N) is 4. The third-order valence-electron chi connectivity index (χ3n) is 4.58. The van der Waals surface area contributed by atoms with Crippen LogP contribution >= 0.6 is 11.3 Å². The molecule has 1 saturated heterocycles. The molecule has 0 bridgehead atoms. The van der Waals surface area contributed by atoms with Gasteiger partial charge in [0.05, 0.1) is 12.0 Å². The van der Waals surface area contributed by atoms with Crippen LogP contribution in [0.3, 0.4) is 0 Å². The number of thiazole rings is 1. The van der Waals surface area contributed by atoms with Crippen molar-refractivity contribution < 1.29 is 13.7 Å². The second-order valence-corrected chi connectivity index (χ2v) is 6.91. The van der Waals surface area contributed by atoms with E-state index in [4.69, 9.17) is 9.26 Å². The Morgan fingerprint density at radius 3 is 2.84 bits per heavy atom. The first kappa shape index (κ1) is 14.7. The van der Waals surface area contributed by atoms with Gasteiger partial charge in [-0.25, -0.2) is 9.37 Å². The van der Waals surface area contributed by atoms with Crippen molar-refractivity contribution in [2.45, 2.75) is 11.8 Å². The van der Waals surface area contributed by atoms with Crippen molar-refractivity contribution in [2.24, 2.45) is 0 Å². The van der Waals surface area contributed by atoms with Crippen LogP contribution in [0.25, 0.3) is 16.5 Å². The van der Waals surface area contributed by atoms with Crippen LogP contribution in [-0.4, -0.2) is 32.7 Å². The van der Waals surface area contributed by atoms with E-state index in [9.17, 15) is 4.39 Å². The largest absolute Gasteiger partial charge is 0.380 e. The van der Waals surface area contributed by atoms with Crippen molar-refractivity contribution in [2.75, 3.05) is 13.2 Å². The maximum atomic E-state index is 13.3. The topological polar surface area (TPSA) is 65.5 Å². The smallest absolute Gasteiger partial charge is 0.278 e. The number of imidazole rings is 1. The molecule has 4 aromatic rings. The van der Waals surface area contributed by atoms with Crippen molar-refractivity contribution in [1.29, 1.82) is 0 Å². The Hall–Kier alpha value is -2.58. The van der Waals surface area contributed by atoms with E-state index < -0.39 is 5.41 Å². The first-order valence-electron chi connectivity index (χ1n) is 7.85. The van der Waals surface area contributed by atoms with Gasteiger partial charge in [-0.05, 0) is 24.1 Å². The van der Waals surface area contributed by atoms with Crippen molar-refractivity contribution >= 4 is 16.3 Å². The Labute approximate surface area is 145 Å². The molecule has 0 amide bonds. The molecular weight excluding hydrogens is 343 g/mol. The highest BCUT2D eigenvalue weighted by Gasteiger charge is 2.43. The van der Waals surface area contributed by atoms with E-state index >= 15 is 0 Å². The first-order chi connectivity index (χ1) is 12.2. The second kappa shape index (κ2) is 5.47. The van der Waals surface area contributed by atoms with Crippen LogP contribution in [0.4, 0.5) is 4.39 Å². The maximum absolute atomic E-state index is 13.3. The number of hydrogen-bond acceptors (Lipinski definition) is 6. The van der Waals surface area contributed by atoms with Gasteiger partial charge < -0.3 is 9.26 Å². The molecule has 1 aliphatic rings. The first-order valence-corrected chi connectivity index (χ1v) is 8.73. The zero-order chi connectivity index (χ0) is 16.9. The molecule has 4 heterocycles. The van der Waals surface area contributed by atoms with E-state index in [1.807, 2.05) is 22.2 Å². The summed E-state index contributed by atoms with van der Waals surface area (Å²) in [5.41, 5.74) is 1.04. The van der Waals surface area contributed by atoms with Gasteiger partial charge in [0.1, 0.15) is 11.5 Å². The zero-order valence-corrected chi connectivity index (χ0v) is 13.9. The minimum Gasteiger partial charge on any atom is -0.380 e. The summed E-state index contributed by atoms with van der Waals surface area (Å²) in [6.07, 6.45) is 4.51.